The quantitative estimate of drug-likeness (QED) is 0.923. The lowest BCUT2D eigenvalue weighted by Crippen LogP contribution is -2.40. The molecule has 5 heteroatoms. The Morgan fingerprint density at radius 2 is 2.39 bits per heavy atom. The van der Waals surface area contributed by atoms with Gasteiger partial charge >= 0.3 is 0 Å². The van der Waals surface area contributed by atoms with Crippen LogP contribution in [-0.2, 0) is 0 Å². The third kappa shape index (κ3) is 2.87. The summed E-state index contributed by atoms with van der Waals surface area (Å²) in [6.07, 6.45) is 2.13. The van der Waals surface area contributed by atoms with E-state index in [2.05, 4.69) is 21.2 Å². The number of benzene rings is 1. The number of halogens is 2. The van der Waals surface area contributed by atoms with E-state index < -0.39 is 0 Å². The van der Waals surface area contributed by atoms with Gasteiger partial charge in [0.25, 0.3) is 5.91 Å². The van der Waals surface area contributed by atoms with Gasteiger partial charge in [-0.1, -0.05) is 11.6 Å². The first-order valence-corrected chi connectivity index (χ1v) is 7.21. The van der Waals surface area contributed by atoms with Gasteiger partial charge in [0.1, 0.15) is 0 Å². The molecule has 1 aliphatic heterocycles. The molecule has 0 aromatic heterocycles. The molecule has 0 radical (unpaired) electrons. The molecular formula is C13H16BrClN2O. The number of likely N-dealkylation sites (N-methyl/N-ethyl adjacent to an activating group) is 1. The summed E-state index contributed by atoms with van der Waals surface area (Å²) in [6, 6.07) is 5.60. The van der Waals surface area contributed by atoms with Crippen LogP contribution in [0.3, 0.4) is 0 Å². The number of hydrogen-bond donors (Lipinski definition) is 1. The van der Waals surface area contributed by atoms with Crippen molar-refractivity contribution in [3.8, 4) is 0 Å². The van der Waals surface area contributed by atoms with Crippen LogP contribution in [0.4, 0.5) is 0 Å². The van der Waals surface area contributed by atoms with Crippen LogP contribution in [-0.4, -0.2) is 37.0 Å². The lowest BCUT2D eigenvalue weighted by Gasteiger charge is -2.25. The van der Waals surface area contributed by atoms with E-state index in [9.17, 15) is 4.79 Å². The van der Waals surface area contributed by atoms with Crippen LogP contribution in [0.5, 0.6) is 0 Å². The van der Waals surface area contributed by atoms with Crippen LogP contribution < -0.4 is 5.32 Å². The molecule has 3 nitrogen and oxygen atoms in total. The molecule has 0 spiro atoms. The van der Waals surface area contributed by atoms with Crippen molar-refractivity contribution in [1.29, 1.82) is 0 Å². The molecule has 2 rings (SSSR count). The molecule has 0 aliphatic carbocycles. The summed E-state index contributed by atoms with van der Waals surface area (Å²) in [5, 5.41) is 3.73. The van der Waals surface area contributed by atoms with Gasteiger partial charge in [-0.05, 0) is 54.0 Å². The summed E-state index contributed by atoms with van der Waals surface area (Å²) in [7, 11) is 1.91. The van der Waals surface area contributed by atoms with E-state index in [0.717, 1.165) is 30.4 Å². The molecule has 98 valence electrons. The Morgan fingerprint density at radius 1 is 1.61 bits per heavy atom. The highest BCUT2D eigenvalue weighted by Crippen LogP contribution is 2.26. The van der Waals surface area contributed by atoms with Gasteiger partial charge in [0.15, 0.2) is 0 Å². The van der Waals surface area contributed by atoms with E-state index in [1.807, 2.05) is 18.0 Å². The maximum absolute atomic E-state index is 12.5. The molecule has 1 unspecified atom stereocenters. The molecule has 1 fully saturated rings. The molecule has 1 saturated heterocycles. The Hall–Kier alpha value is -0.580. The number of carbonyl (C=O) groups excluding carboxylic acids is 1. The normalized spacial score (nSPS) is 19.3. The number of nitrogens with one attached hydrogen (secondary N) is 1. The van der Waals surface area contributed by atoms with Crippen molar-refractivity contribution in [2.24, 2.45) is 0 Å². The molecule has 1 atom stereocenters. The third-order valence-electron chi connectivity index (χ3n) is 3.24. The highest BCUT2D eigenvalue weighted by Gasteiger charge is 2.29. The topological polar surface area (TPSA) is 32.3 Å². The predicted octanol–water partition coefficient (Wildman–Crippen LogP) is 2.93. The Labute approximate surface area is 121 Å². The second-order valence-corrected chi connectivity index (χ2v) is 5.77. The second-order valence-electron chi connectivity index (χ2n) is 4.48. The van der Waals surface area contributed by atoms with Crippen molar-refractivity contribution in [1.82, 2.24) is 10.2 Å². The first-order chi connectivity index (χ1) is 8.63. The van der Waals surface area contributed by atoms with Crippen LogP contribution in [0.2, 0.25) is 5.02 Å². The highest BCUT2D eigenvalue weighted by atomic mass is 79.9. The van der Waals surface area contributed by atoms with E-state index in [1.165, 1.54) is 0 Å². The van der Waals surface area contributed by atoms with Crippen molar-refractivity contribution < 1.29 is 4.79 Å². The standard InChI is InChI=1S/C13H16BrClN2O/c1-16-8-10-3-2-6-17(10)13(18)11-7-9(15)4-5-12(11)14/h4-5,7,10,16H,2-3,6,8H2,1H3. The zero-order valence-corrected chi connectivity index (χ0v) is 12.6. The zero-order chi connectivity index (χ0) is 13.1. The average molecular weight is 332 g/mol. The van der Waals surface area contributed by atoms with Crippen LogP contribution in [0.1, 0.15) is 23.2 Å². The summed E-state index contributed by atoms with van der Waals surface area (Å²) in [6.45, 7) is 1.66. The van der Waals surface area contributed by atoms with Gasteiger partial charge in [-0.3, -0.25) is 4.79 Å². The lowest BCUT2D eigenvalue weighted by molar-refractivity contribution is 0.0736. The van der Waals surface area contributed by atoms with Crippen LogP contribution in [0.15, 0.2) is 22.7 Å². The third-order valence-corrected chi connectivity index (χ3v) is 4.16. The molecule has 18 heavy (non-hydrogen) atoms. The maximum Gasteiger partial charge on any atom is 0.255 e. The SMILES string of the molecule is CNCC1CCCN1C(=O)c1cc(Cl)ccc1Br. The van der Waals surface area contributed by atoms with Crippen LogP contribution in [0.25, 0.3) is 0 Å². The molecule has 0 saturated carbocycles. The molecule has 1 N–H and O–H groups in total. The van der Waals surface area contributed by atoms with Crippen molar-refractivity contribution in [3.63, 3.8) is 0 Å². The predicted molar refractivity (Wildman–Crippen MR) is 77.1 cm³/mol. The van der Waals surface area contributed by atoms with E-state index in [0.29, 0.717) is 10.6 Å². The first kappa shape index (κ1) is 13.8. The fourth-order valence-electron chi connectivity index (χ4n) is 2.37. The van der Waals surface area contributed by atoms with Gasteiger partial charge in [-0.25, -0.2) is 0 Å². The smallest absolute Gasteiger partial charge is 0.255 e. The molecule has 1 heterocycles. The largest absolute Gasteiger partial charge is 0.334 e. The second kappa shape index (κ2) is 6.04. The molecule has 1 aromatic carbocycles. The number of rotatable bonds is 3. The first-order valence-electron chi connectivity index (χ1n) is 6.04. The maximum atomic E-state index is 12.5. The van der Waals surface area contributed by atoms with Gasteiger partial charge in [0.05, 0.1) is 5.56 Å². The monoisotopic (exact) mass is 330 g/mol. The van der Waals surface area contributed by atoms with Gasteiger partial charge in [-0.2, -0.15) is 0 Å². The molecule has 1 aromatic rings. The Bertz CT molecular complexity index is 453. The summed E-state index contributed by atoms with van der Waals surface area (Å²) in [5.41, 5.74) is 0.644. The van der Waals surface area contributed by atoms with Gasteiger partial charge in [0, 0.05) is 28.6 Å². The van der Waals surface area contributed by atoms with Crippen molar-refractivity contribution in [3.05, 3.63) is 33.3 Å². The van der Waals surface area contributed by atoms with E-state index in [-0.39, 0.29) is 11.9 Å². The summed E-state index contributed by atoms with van der Waals surface area (Å²) >= 11 is 9.38. The minimum atomic E-state index is 0.0575. The minimum Gasteiger partial charge on any atom is -0.334 e. The number of amides is 1. The fourth-order valence-corrected chi connectivity index (χ4v) is 2.96. The van der Waals surface area contributed by atoms with Gasteiger partial charge < -0.3 is 10.2 Å². The Kier molecular flexibility index (Phi) is 4.65. The average Bonchev–Trinajstić information content (AvgIpc) is 2.80. The van der Waals surface area contributed by atoms with E-state index in [4.69, 9.17) is 11.6 Å². The molecular weight excluding hydrogens is 316 g/mol. The van der Waals surface area contributed by atoms with Crippen LogP contribution >= 0.6 is 27.5 Å². The molecule has 1 aliphatic rings. The number of nitrogens with zero attached hydrogens (tertiary/aromatic N) is 1. The van der Waals surface area contributed by atoms with Crippen molar-refractivity contribution in [2.45, 2.75) is 18.9 Å². The van der Waals surface area contributed by atoms with Crippen molar-refractivity contribution in [2.75, 3.05) is 20.1 Å². The fraction of sp³-hybridized carbons (Fsp3) is 0.462. The van der Waals surface area contributed by atoms with Gasteiger partial charge in [0.2, 0.25) is 0 Å². The molecule has 0 bridgehead atoms. The number of hydrogen-bond acceptors (Lipinski definition) is 2. The summed E-state index contributed by atoms with van der Waals surface area (Å²) < 4.78 is 0.798. The number of likely N-dealkylation sites (tertiary alicyclic amines) is 1. The van der Waals surface area contributed by atoms with Gasteiger partial charge in [-0.15, -0.1) is 0 Å². The van der Waals surface area contributed by atoms with Crippen molar-refractivity contribution >= 4 is 33.4 Å². The summed E-state index contributed by atoms with van der Waals surface area (Å²) in [5.74, 6) is 0.0575. The van der Waals surface area contributed by atoms with E-state index >= 15 is 0 Å². The highest BCUT2D eigenvalue weighted by molar-refractivity contribution is 9.10. The lowest BCUT2D eigenvalue weighted by atomic mass is 10.1. The Morgan fingerprint density at radius 3 is 3.11 bits per heavy atom. The van der Waals surface area contributed by atoms with E-state index in [1.54, 1.807) is 12.1 Å². The minimum absolute atomic E-state index is 0.0575. The van der Waals surface area contributed by atoms with Crippen LogP contribution in [0, 0.1) is 0 Å². The zero-order valence-electron chi connectivity index (χ0n) is 10.2. The number of carbonyl (C=O) groups is 1. The summed E-state index contributed by atoms with van der Waals surface area (Å²) in [4.78, 5) is 14.5. The molecule has 1 amide bonds. The Balaban J connectivity index is 2.22.